The van der Waals surface area contributed by atoms with Crippen molar-refractivity contribution in [3.63, 3.8) is 0 Å². The number of halogens is 1. The van der Waals surface area contributed by atoms with Gasteiger partial charge in [-0.2, -0.15) is 5.10 Å². The summed E-state index contributed by atoms with van der Waals surface area (Å²) in [6.07, 6.45) is 1.27. The molecule has 3 heterocycles. The molecule has 2 aromatic carbocycles. The number of nitrogens with zero attached hydrogens (tertiary/aromatic N) is 3. The third-order valence-electron chi connectivity index (χ3n) is 6.61. The molecular weight excluding hydrogens is 596 g/mol. The molecule has 0 aliphatic carbocycles. The Morgan fingerprint density at radius 3 is 2.50 bits per heavy atom. The van der Waals surface area contributed by atoms with Crippen LogP contribution < -0.4 is 5.32 Å². The van der Waals surface area contributed by atoms with Gasteiger partial charge in [-0.3, -0.25) is 4.79 Å². The lowest BCUT2D eigenvalue weighted by molar-refractivity contribution is 0.0502. The summed E-state index contributed by atoms with van der Waals surface area (Å²) < 4.78 is 31.2. The molecule has 1 N–H and O–H groups in total. The van der Waals surface area contributed by atoms with E-state index in [1.807, 2.05) is 36.4 Å². The van der Waals surface area contributed by atoms with E-state index in [0.717, 1.165) is 15.3 Å². The van der Waals surface area contributed by atoms with Crippen molar-refractivity contribution >= 4 is 44.8 Å². The predicted molar refractivity (Wildman–Crippen MR) is 164 cm³/mol. The van der Waals surface area contributed by atoms with Crippen molar-refractivity contribution in [2.24, 2.45) is 0 Å². The van der Waals surface area contributed by atoms with E-state index in [0.29, 0.717) is 35.9 Å². The van der Waals surface area contributed by atoms with Gasteiger partial charge in [-0.1, -0.05) is 35.9 Å². The van der Waals surface area contributed by atoms with Crippen LogP contribution in [0.4, 0.5) is 4.79 Å². The number of rotatable bonds is 6. The molecule has 1 fully saturated rings. The van der Waals surface area contributed by atoms with Crippen LogP contribution in [0.1, 0.15) is 37.7 Å². The van der Waals surface area contributed by atoms with Gasteiger partial charge in [0.1, 0.15) is 5.60 Å². The minimum atomic E-state index is -3.36. The summed E-state index contributed by atoms with van der Waals surface area (Å²) in [4.78, 5) is 29.4. The van der Waals surface area contributed by atoms with Crippen molar-refractivity contribution in [3.05, 3.63) is 77.4 Å². The summed E-state index contributed by atoms with van der Waals surface area (Å²) in [5.41, 5.74) is 1.70. The summed E-state index contributed by atoms with van der Waals surface area (Å²) >= 11 is 8.00. The van der Waals surface area contributed by atoms with Crippen LogP contribution in [0.15, 0.2) is 71.6 Å². The second-order valence-electron chi connectivity index (χ2n) is 11.1. The minimum absolute atomic E-state index is 0.225. The number of carbonyl (C=O) groups is 2. The van der Waals surface area contributed by atoms with Crippen LogP contribution in [0, 0.1) is 0 Å². The fourth-order valence-electron chi connectivity index (χ4n) is 4.68. The van der Waals surface area contributed by atoms with Gasteiger partial charge < -0.3 is 15.0 Å². The molecule has 42 heavy (non-hydrogen) atoms. The molecule has 0 bridgehead atoms. The molecule has 1 atom stereocenters. The fraction of sp³-hybridized carbons (Fsp3) is 0.300. The molecule has 1 aliphatic heterocycles. The maximum Gasteiger partial charge on any atom is 0.407 e. The Kier molecular flexibility index (Phi) is 8.19. The SMILES string of the molecule is CC(C)(C)OC(=O)N[C@@H]1CCN(C(=O)c2cc(-c3ccc(-c4cccc(S(C)(=O)=O)c4)s3)n(-c3ccccc3Cl)n2)C1. The number of para-hydroxylation sites is 1. The maximum absolute atomic E-state index is 13.6. The van der Waals surface area contributed by atoms with Gasteiger partial charge in [-0.15, -0.1) is 11.3 Å². The van der Waals surface area contributed by atoms with E-state index in [1.54, 1.807) is 60.7 Å². The number of thiophene rings is 1. The number of aromatic nitrogens is 2. The van der Waals surface area contributed by atoms with E-state index in [2.05, 4.69) is 10.4 Å². The molecule has 1 saturated heterocycles. The standard InChI is InChI=1S/C30H31ClN4O5S2/c1-30(2,3)40-29(37)32-20-14-15-34(18-20)28(36)23-17-25(35(33-23)24-11-6-5-10-22(24)31)27-13-12-26(41-27)19-8-7-9-21(16-19)42(4,38)39/h5-13,16-17,20H,14-15,18H2,1-4H3,(H,32,37)/t20-/m1/s1. The largest absolute Gasteiger partial charge is 0.444 e. The lowest BCUT2D eigenvalue weighted by Crippen LogP contribution is -2.41. The van der Waals surface area contributed by atoms with Crippen molar-refractivity contribution in [2.75, 3.05) is 19.3 Å². The van der Waals surface area contributed by atoms with Crippen molar-refractivity contribution < 1.29 is 22.7 Å². The zero-order chi connectivity index (χ0) is 30.2. The van der Waals surface area contributed by atoms with Crippen LogP contribution in [-0.2, 0) is 14.6 Å². The first-order valence-electron chi connectivity index (χ1n) is 13.3. The lowest BCUT2D eigenvalue weighted by atomic mass is 10.2. The Morgan fingerprint density at radius 2 is 1.79 bits per heavy atom. The van der Waals surface area contributed by atoms with Gasteiger partial charge >= 0.3 is 6.09 Å². The first-order valence-corrected chi connectivity index (χ1v) is 16.4. The van der Waals surface area contributed by atoms with Crippen LogP contribution >= 0.6 is 22.9 Å². The summed E-state index contributed by atoms with van der Waals surface area (Å²) in [7, 11) is -3.36. The molecule has 1 aliphatic rings. The number of hydrogen-bond donors (Lipinski definition) is 1. The molecule has 0 radical (unpaired) electrons. The average molecular weight is 627 g/mol. The first kappa shape index (κ1) is 29.8. The molecule has 9 nitrogen and oxygen atoms in total. The Morgan fingerprint density at radius 1 is 1.05 bits per heavy atom. The molecule has 2 aromatic heterocycles. The summed E-state index contributed by atoms with van der Waals surface area (Å²) in [5, 5.41) is 8.00. The quantitative estimate of drug-likeness (QED) is 0.278. The van der Waals surface area contributed by atoms with Gasteiger partial charge in [-0.05, 0) is 75.2 Å². The molecule has 220 valence electrons. The number of benzene rings is 2. The van der Waals surface area contributed by atoms with E-state index in [4.69, 9.17) is 16.3 Å². The number of ether oxygens (including phenoxy) is 1. The van der Waals surface area contributed by atoms with E-state index < -0.39 is 21.5 Å². The number of likely N-dealkylation sites (tertiary alicyclic amines) is 1. The lowest BCUT2D eigenvalue weighted by Gasteiger charge is -2.22. The average Bonchev–Trinajstić information content (AvgIpc) is 3.67. The normalized spacial score (nSPS) is 15.5. The molecule has 4 aromatic rings. The van der Waals surface area contributed by atoms with Gasteiger partial charge in [0.25, 0.3) is 5.91 Å². The monoisotopic (exact) mass is 626 g/mol. The number of sulfone groups is 1. The third kappa shape index (κ3) is 6.69. The van der Waals surface area contributed by atoms with Crippen LogP contribution in [0.5, 0.6) is 0 Å². The molecule has 12 heteroatoms. The molecule has 5 rings (SSSR count). The van der Waals surface area contributed by atoms with E-state index in [1.165, 1.54) is 17.6 Å². The zero-order valence-electron chi connectivity index (χ0n) is 23.6. The molecule has 0 unspecified atom stereocenters. The Balaban J connectivity index is 1.44. The highest BCUT2D eigenvalue weighted by molar-refractivity contribution is 7.90. The molecular formula is C30H31ClN4O5S2. The molecule has 0 saturated carbocycles. The van der Waals surface area contributed by atoms with Crippen LogP contribution in [0.25, 0.3) is 26.7 Å². The smallest absolute Gasteiger partial charge is 0.407 e. The predicted octanol–water partition coefficient (Wildman–Crippen LogP) is 6.06. The van der Waals surface area contributed by atoms with E-state index >= 15 is 0 Å². The summed E-state index contributed by atoms with van der Waals surface area (Å²) in [6.45, 7) is 6.20. The van der Waals surface area contributed by atoms with Crippen LogP contribution in [-0.4, -0.2) is 66.1 Å². The van der Waals surface area contributed by atoms with Gasteiger partial charge in [-0.25, -0.2) is 17.9 Å². The number of amides is 2. The van der Waals surface area contributed by atoms with Crippen LogP contribution in [0.2, 0.25) is 5.02 Å². The van der Waals surface area contributed by atoms with E-state index in [9.17, 15) is 18.0 Å². The minimum Gasteiger partial charge on any atom is -0.444 e. The molecule has 0 spiro atoms. The molecule has 2 amide bonds. The van der Waals surface area contributed by atoms with Gasteiger partial charge in [0, 0.05) is 24.2 Å². The number of nitrogens with one attached hydrogen (secondary N) is 1. The highest BCUT2D eigenvalue weighted by Crippen LogP contribution is 2.37. The highest BCUT2D eigenvalue weighted by atomic mass is 35.5. The first-order chi connectivity index (χ1) is 19.8. The van der Waals surface area contributed by atoms with Crippen molar-refractivity contribution in [1.82, 2.24) is 20.0 Å². The number of carbonyl (C=O) groups excluding carboxylic acids is 2. The van der Waals surface area contributed by atoms with Crippen molar-refractivity contribution in [1.29, 1.82) is 0 Å². The Labute approximate surface area is 254 Å². The van der Waals surface area contributed by atoms with Gasteiger partial charge in [0.15, 0.2) is 15.5 Å². The highest BCUT2D eigenvalue weighted by Gasteiger charge is 2.31. The van der Waals surface area contributed by atoms with Crippen LogP contribution in [0.3, 0.4) is 0 Å². The van der Waals surface area contributed by atoms with Crippen molar-refractivity contribution in [2.45, 2.75) is 43.7 Å². The van der Waals surface area contributed by atoms with E-state index in [-0.39, 0.29) is 22.5 Å². The summed E-state index contributed by atoms with van der Waals surface area (Å²) in [6, 6.07) is 19.4. The number of hydrogen-bond acceptors (Lipinski definition) is 7. The Bertz CT molecular complexity index is 1760. The second-order valence-corrected chi connectivity index (χ2v) is 14.6. The fourth-order valence-corrected chi connectivity index (χ4v) is 6.56. The second kappa shape index (κ2) is 11.5. The third-order valence-corrected chi connectivity index (χ3v) is 9.20. The zero-order valence-corrected chi connectivity index (χ0v) is 26.0. The van der Waals surface area contributed by atoms with Gasteiger partial charge in [0.05, 0.1) is 32.2 Å². The topological polar surface area (TPSA) is 111 Å². The Hall–Kier alpha value is -3.67. The van der Waals surface area contributed by atoms with Crippen molar-refractivity contribution in [3.8, 4) is 26.7 Å². The van der Waals surface area contributed by atoms with Gasteiger partial charge in [0.2, 0.25) is 0 Å². The summed E-state index contributed by atoms with van der Waals surface area (Å²) in [5.74, 6) is -0.256. The number of alkyl carbamates (subject to hydrolysis) is 1. The maximum atomic E-state index is 13.6.